The smallest absolute Gasteiger partial charge is 0.290 e. The van der Waals surface area contributed by atoms with Crippen molar-refractivity contribution in [1.29, 1.82) is 0 Å². The molecule has 0 aliphatic carbocycles. The third-order valence-electron chi connectivity index (χ3n) is 5.43. The fraction of sp³-hybridized carbons (Fsp3) is 0.571. The summed E-state index contributed by atoms with van der Waals surface area (Å²) in [4.78, 5) is 14.9. The summed E-state index contributed by atoms with van der Waals surface area (Å²) in [5.74, 6) is 0.607. The van der Waals surface area contributed by atoms with Crippen LogP contribution in [0.4, 0.5) is 0 Å². The lowest BCUT2D eigenvalue weighted by Gasteiger charge is -2.29. The molecule has 1 aliphatic heterocycles. The highest BCUT2D eigenvalue weighted by molar-refractivity contribution is 7.89. The lowest BCUT2D eigenvalue weighted by atomic mass is 10.0. The highest BCUT2D eigenvalue weighted by atomic mass is 32.2. The van der Waals surface area contributed by atoms with Gasteiger partial charge in [0.15, 0.2) is 5.76 Å². The number of benzene rings is 1. The van der Waals surface area contributed by atoms with Crippen molar-refractivity contribution in [1.82, 2.24) is 9.21 Å². The molecule has 0 saturated carbocycles. The van der Waals surface area contributed by atoms with Gasteiger partial charge in [-0.1, -0.05) is 6.92 Å². The molecule has 3 rings (SSSR count). The standard InChI is InChI=1S/C21H30N2O4S/c1-14(2)23(15(3)4)21(24)20-13-17-12-18(6-7-19(17)27-20)28(25,26)22-10-8-16(5)9-11-22/h6-7,12-16H,8-11H2,1-5H3. The Morgan fingerprint density at radius 1 is 1.11 bits per heavy atom. The average Bonchev–Trinajstić information content (AvgIpc) is 3.04. The third kappa shape index (κ3) is 3.96. The first-order valence-corrected chi connectivity index (χ1v) is 11.4. The highest BCUT2D eigenvalue weighted by Gasteiger charge is 2.29. The van der Waals surface area contributed by atoms with Crippen molar-refractivity contribution in [3.63, 3.8) is 0 Å². The Kier molecular flexibility index (Phi) is 5.87. The summed E-state index contributed by atoms with van der Waals surface area (Å²) in [6.07, 6.45) is 1.76. The van der Waals surface area contributed by atoms with Gasteiger partial charge in [-0.05, 0) is 70.7 Å². The summed E-state index contributed by atoms with van der Waals surface area (Å²) < 4.78 is 33.3. The largest absolute Gasteiger partial charge is 0.451 e. The predicted molar refractivity (Wildman–Crippen MR) is 110 cm³/mol. The fourth-order valence-electron chi connectivity index (χ4n) is 3.85. The summed E-state index contributed by atoms with van der Waals surface area (Å²) in [5.41, 5.74) is 0.516. The van der Waals surface area contributed by atoms with Crippen LogP contribution in [-0.4, -0.2) is 48.7 Å². The molecule has 1 aromatic heterocycles. The van der Waals surface area contributed by atoms with Gasteiger partial charge in [0.05, 0.1) is 4.90 Å². The van der Waals surface area contributed by atoms with Gasteiger partial charge in [-0.2, -0.15) is 4.31 Å². The van der Waals surface area contributed by atoms with E-state index in [2.05, 4.69) is 6.92 Å². The number of fused-ring (bicyclic) bond motifs is 1. The van der Waals surface area contributed by atoms with Gasteiger partial charge in [0.2, 0.25) is 10.0 Å². The van der Waals surface area contributed by atoms with Crippen molar-refractivity contribution in [3.8, 4) is 0 Å². The summed E-state index contributed by atoms with van der Waals surface area (Å²) in [5, 5.41) is 0.627. The van der Waals surface area contributed by atoms with Gasteiger partial charge in [0.25, 0.3) is 5.91 Å². The van der Waals surface area contributed by atoms with E-state index in [1.807, 2.05) is 27.7 Å². The van der Waals surface area contributed by atoms with E-state index in [1.165, 1.54) is 0 Å². The first kappa shape index (κ1) is 20.9. The van der Waals surface area contributed by atoms with Crippen LogP contribution in [0.25, 0.3) is 11.0 Å². The lowest BCUT2D eigenvalue weighted by molar-refractivity contribution is 0.0613. The molecule has 0 unspecified atom stereocenters. The number of nitrogens with zero attached hydrogens (tertiary/aromatic N) is 2. The van der Waals surface area contributed by atoms with Crippen molar-refractivity contribution in [2.24, 2.45) is 5.92 Å². The van der Waals surface area contributed by atoms with Crippen LogP contribution in [0.5, 0.6) is 0 Å². The van der Waals surface area contributed by atoms with Gasteiger partial charge in [0.1, 0.15) is 5.58 Å². The maximum atomic E-state index is 13.0. The van der Waals surface area contributed by atoms with E-state index in [-0.39, 0.29) is 28.6 Å². The Labute approximate surface area is 167 Å². The van der Waals surface area contributed by atoms with Gasteiger partial charge in [0, 0.05) is 30.6 Å². The van der Waals surface area contributed by atoms with E-state index in [1.54, 1.807) is 33.5 Å². The molecule has 0 bridgehead atoms. The van der Waals surface area contributed by atoms with E-state index in [0.717, 1.165) is 12.8 Å². The monoisotopic (exact) mass is 406 g/mol. The molecular weight excluding hydrogens is 376 g/mol. The Bertz CT molecular complexity index is 946. The number of carbonyl (C=O) groups is 1. The zero-order valence-electron chi connectivity index (χ0n) is 17.3. The van der Waals surface area contributed by atoms with Crippen LogP contribution in [0.3, 0.4) is 0 Å². The molecule has 1 aromatic carbocycles. The molecule has 1 fully saturated rings. The predicted octanol–water partition coefficient (Wildman–Crippen LogP) is 4.11. The highest BCUT2D eigenvalue weighted by Crippen LogP contribution is 2.28. The van der Waals surface area contributed by atoms with Crippen LogP contribution < -0.4 is 0 Å². The number of hydrogen-bond donors (Lipinski definition) is 0. The Balaban J connectivity index is 1.92. The molecule has 2 heterocycles. The van der Waals surface area contributed by atoms with Gasteiger partial charge in [-0.3, -0.25) is 4.79 Å². The number of piperidine rings is 1. The first-order valence-electron chi connectivity index (χ1n) is 9.97. The van der Waals surface area contributed by atoms with E-state index in [0.29, 0.717) is 30.0 Å². The molecule has 0 atom stereocenters. The number of rotatable bonds is 5. The second-order valence-corrected chi connectivity index (χ2v) is 10.2. The Morgan fingerprint density at radius 3 is 2.29 bits per heavy atom. The fourth-order valence-corrected chi connectivity index (χ4v) is 5.36. The summed E-state index contributed by atoms with van der Waals surface area (Å²) in [6.45, 7) is 11.1. The number of hydrogen-bond acceptors (Lipinski definition) is 4. The van der Waals surface area contributed by atoms with E-state index < -0.39 is 10.0 Å². The molecule has 6 nitrogen and oxygen atoms in total. The minimum atomic E-state index is -3.53. The van der Waals surface area contributed by atoms with Crippen molar-refractivity contribution in [3.05, 3.63) is 30.0 Å². The van der Waals surface area contributed by atoms with Gasteiger partial charge in [-0.15, -0.1) is 0 Å². The lowest BCUT2D eigenvalue weighted by Crippen LogP contribution is -2.41. The minimum Gasteiger partial charge on any atom is -0.451 e. The SMILES string of the molecule is CC1CCN(S(=O)(=O)c2ccc3oc(C(=O)N(C(C)C)C(C)C)cc3c2)CC1. The molecule has 0 spiro atoms. The molecule has 1 amide bonds. The summed E-state index contributed by atoms with van der Waals surface area (Å²) >= 11 is 0. The van der Waals surface area contributed by atoms with Crippen LogP contribution in [0.15, 0.2) is 33.6 Å². The molecular formula is C21H30N2O4S. The average molecular weight is 407 g/mol. The summed E-state index contributed by atoms with van der Waals surface area (Å²) in [6, 6.07) is 6.54. The van der Waals surface area contributed by atoms with Crippen molar-refractivity contribution in [2.45, 2.75) is 64.4 Å². The summed E-state index contributed by atoms with van der Waals surface area (Å²) in [7, 11) is -3.53. The van der Waals surface area contributed by atoms with Crippen LogP contribution in [-0.2, 0) is 10.0 Å². The Morgan fingerprint density at radius 2 is 1.71 bits per heavy atom. The van der Waals surface area contributed by atoms with Crippen molar-refractivity contribution < 1.29 is 17.6 Å². The van der Waals surface area contributed by atoms with Gasteiger partial charge >= 0.3 is 0 Å². The first-order chi connectivity index (χ1) is 13.1. The number of carbonyl (C=O) groups excluding carboxylic acids is 1. The second kappa shape index (κ2) is 7.87. The molecule has 7 heteroatoms. The van der Waals surface area contributed by atoms with Crippen LogP contribution in [0, 0.1) is 5.92 Å². The third-order valence-corrected chi connectivity index (χ3v) is 7.32. The zero-order valence-corrected chi connectivity index (χ0v) is 18.1. The normalized spacial score (nSPS) is 17.0. The van der Waals surface area contributed by atoms with E-state index in [4.69, 9.17) is 4.42 Å². The minimum absolute atomic E-state index is 0.0399. The van der Waals surface area contributed by atoms with Crippen LogP contribution in [0.1, 0.15) is 58.0 Å². The van der Waals surface area contributed by atoms with Gasteiger partial charge < -0.3 is 9.32 Å². The van der Waals surface area contributed by atoms with E-state index in [9.17, 15) is 13.2 Å². The molecule has 0 N–H and O–H groups in total. The number of amides is 1. The van der Waals surface area contributed by atoms with Crippen molar-refractivity contribution >= 4 is 26.9 Å². The van der Waals surface area contributed by atoms with Crippen LogP contribution >= 0.6 is 0 Å². The number of furan rings is 1. The van der Waals surface area contributed by atoms with E-state index >= 15 is 0 Å². The molecule has 28 heavy (non-hydrogen) atoms. The Hall–Kier alpha value is -1.86. The van der Waals surface area contributed by atoms with Crippen LogP contribution in [0.2, 0.25) is 0 Å². The molecule has 1 aliphatic rings. The topological polar surface area (TPSA) is 70.8 Å². The van der Waals surface area contributed by atoms with Crippen molar-refractivity contribution in [2.75, 3.05) is 13.1 Å². The number of sulfonamides is 1. The van der Waals surface area contributed by atoms with Gasteiger partial charge in [-0.25, -0.2) is 8.42 Å². The quantitative estimate of drug-likeness (QED) is 0.749. The molecule has 2 aromatic rings. The molecule has 1 saturated heterocycles. The molecule has 154 valence electrons. The molecule has 0 radical (unpaired) electrons. The second-order valence-electron chi connectivity index (χ2n) is 8.30. The zero-order chi connectivity index (χ0) is 20.6. The maximum Gasteiger partial charge on any atom is 0.290 e. The maximum absolute atomic E-state index is 13.0.